The zero-order chi connectivity index (χ0) is 12.7. The number of nitrogens with one attached hydrogen (secondary N) is 2. The van der Waals surface area contributed by atoms with Crippen molar-refractivity contribution >= 4 is 22.7 Å². The Morgan fingerprint density at radius 3 is 3.05 bits per heavy atom. The van der Waals surface area contributed by atoms with Crippen LogP contribution < -0.4 is 5.32 Å². The fraction of sp³-hybridized carbons (Fsp3) is 0.231. The fourth-order valence-corrected chi connectivity index (χ4v) is 2.12. The molecular weight excluding hydrogens is 240 g/mol. The number of H-pyrrole nitrogens is 1. The molecule has 19 heavy (non-hydrogen) atoms. The van der Waals surface area contributed by atoms with E-state index in [1.165, 1.54) is 24.9 Å². The predicted molar refractivity (Wildman–Crippen MR) is 71.2 cm³/mol. The van der Waals surface area contributed by atoms with Gasteiger partial charge in [0, 0.05) is 23.9 Å². The topological polar surface area (TPSA) is 79.4 Å². The zero-order valence-electron chi connectivity index (χ0n) is 10.2. The molecule has 0 aliphatic heterocycles. The van der Waals surface area contributed by atoms with Gasteiger partial charge in [-0.25, -0.2) is 15.0 Å². The molecule has 4 rings (SSSR count). The van der Waals surface area contributed by atoms with Crippen LogP contribution in [0.2, 0.25) is 0 Å². The number of aromatic nitrogens is 5. The van der Waals surface area contributed by atoms with Crippen LogP contribution in [0.4, 0.5) is 11.6 Å². The van der Waals surface area contributed by atoms with Gasteiger partial charge in [0.1, 0.15) is 12.1 Å². The van der Waals surface area contributed by atoms with Crippen molar-refractivity contribution in [3.63, 3.8) is 0 Å². The molecule has 0 spiro atoms. The Kier molecular flexibility index (Phi) is 2.20. The summed E-state index contributed by atoms with van der Waals surface area (Å²) in [6, 6.07) is 5.86. The molecule has 0 aromatic carbocycles. The van der Waals surface area contributed by atoms with Crippen LogP contribution in [0.15, 0.2) is 30.7 Å². The van der Waals surface area contributed by atoms with Gasteiger partial charge in [-0.05, 0) is 25.0 Å². The minimum Gasteiger partial charge on any atom is -0.323 e. The fourth-order valence-electron chi connectivity index (χ4n) is 2.12. The van der Waals surface area contributed by atoms with Crippen LogP contribution in [0, 0.1) is 0 Å². The van der Waals surface area contributed by atoms with E-state index in [1.807, 2.05) is 18.2 Å². The molecule has 0 unspecified atom stereocenters. The maximum Gasteiger partial charge on any atom is 0.164 e. The van der Waals surface area contributed by atoms with Crippen LogP contribution >= 0.6 is 0 Å². The molecule has 3 aromatic heterocycles. The molecule has 3 heterocycles. The lowest BCUT2D eigenvalue weighted by Crippen LogP contribution is -1.96. The van der Waals surface area contributed by atoms with Crippen LogP contribution in [0.5, 0.6) is 0 Å². The first-order valence-electron chi connectivity index (χ1n) is 6.28. The summed E-state index contributed by atoms with van der Waals surface area (Å²) >= 11 is 0. The van der Waals surface area contributed by atoms with Crippen molar-refractivity contribution in [2.24, 2.45) is 0 Å². The SMILES string of the molecule is c1cnc2ncnc(Nc3cc(C4CC4)[nH]n3)c2c1. The van der Waals surface area contributed by atoms with Crippen LogP contribution in [0.3, 0.4) is 0 Å². The van der Waals surface area contributed by atoms with Gasteiger partial charge in [0.2, 0.25) is 0 Å². The number of anilines is 2. The van der Waals surface area contributed by atoms with Crippen molar-refractivity contribution in [3.8, 4) is 0 Å². The van der Waals surface area contributed by atoms with Crippen LogP contribution in [-0.2, 0) is 0 Å². The third-order valence-electron chi connectivity index (χ3n) is 3.27. The van der Waals surface area contributed by atoms with Gasteiger partial charge >= 0.3 is 0 Å². The largest absolute Gasteiger partial charge is 0.323 e. The predicted octanol–water partition coefficient (Wildman–Crippen LogP) is 2.37. The third kappa shape index (κ3) is 1.91. The molecule has 1 aliphatic carbocycles. The monoisotopic (exact) mass is 252 g/mol. The quantitative estimate of drug-likeness (QED) is 0.748. The lowest BCUT2D eigenvalue weighted by atomic mass is 10.3. The van der Waals surface area contributed by atoms with Gasteiger partial charge in [0.15, 0.2) is 11.5 Å². The summed E-state index contributed by atoms with van der Waals surface area (Å²) in [5.41, 5.74) is 1.87. The lowest BCUT2D eigenvalue weighted by Gasteiger charge is -2.04. The molecule has 0 radical (unpaired) electrons. The van der Waals surface area contributed by atoms with Crippen molar-refractivity contribution in [2.45, 2.75) is 18.8 Å². The highest BCUT2D eigenvalue weighted by Crippen LogP contribution is 2.39. The Hall–Kier alpha value is -2.50. The minimum atomic E-state index is 0.659. The van der Waals surface area contributed by atoms with E-state index in [1.54, 1.807) is 6.20 Å². The number of hydrogen-bond acceptors (Lipinski definition) is 5. The van der Waals surface area contributed by atoms with Gasteiger partial charge in [-0.15, -0.1) is 0 Å². The molecule has 0 atom stereocenters. The normalized spacial score (nSPS) is 14.7. The van der Waals surface area contributed by atoms with E-state index in [2.05, 4.69) is 30.5 Å². The van der Waals surface area contributed by atoms with E-state index in [4.69, 9.17) is 0 Å². The Labute approximate surface area is 109 Å². The summed E-state index contributed by atoms with van der Waals surface area (Å²) in [5, 5.41) is 11.4. The number of rotatable bonds is 3. The highest BCUT2D eigenvalue weighted by atomic mass is 15.2. The van der Waals surface area contributed by atoms with Crippen LogP contribution in [-0.4, -0.2) is 25.1 Å². The Morgan fingerprint density at radius 2 is 2.16 bits per heavy atom. The van der Waals surface area contributed by atoms with Gasteiger partial charge in [0.05, 0.1) is 5.39 Å². The lowest BCUT2D eigenvalue weighted by molar-refractivity contribution is 0.966. The van der Waals surface area contributed by atoms with Gasteiger partial charge in [-0.3, -0.25) is 5.10 Å². The number of aromatic amines is 1. The Bertz CT molecular complexity index is 725. The molecule has 6 heteroatoms. The molecule has 1 saturated carbocycles. The maximum atomic E-state index is 4.26. The molecule has 0 bridgehead atoms. The van der Waals surface area contributed by atoms with Gasteiger partial charge in [0.25, 0.3) is 0 Å². The van der Waals surface area contributed by atoms with Crippen molar-refractivity contribution in [1.29, 1.82) is 0 Å². The minimum absolute atomic E-state index is 0.659. The van der Waals surface area contributed by atoms with E-state index in [9.17, 15) is 0 Å². The molecule has 6 nitrogen and oxygen atoms in total. The first-order chi connectivity index (χ1) is 9.40. The highest BCUT2D eigenvalue weighted by Gasteiger charge is 2.25. The molecule has 3 aromatic rings. The van der Waals surface area contributed by atoms with Gasteiger partial charge in [-0.1, -0.05) is 0 Å². The van der Waals surface area contributed by atoms with Crippen molar-refractivity contribution in [1.82, 2.24) is 25.1 Å². The van der Waals surface area contributed by atoms with E-state index < -0.39 is 0 Å². The molecule has 0 amide bonds. The van der Waals surface area contributed by atoms with E-state index in [-0.39, 0.29) is 0 Å². The molecule has 1 fully saturated rings. The van der Waals surface area contributed by atoms with Crippen molar-refractivity contribution < 1.29 is 0 Å². The summed E-state index contributed by atoms with van der Waals surface area (Å²) in [7, 11) is 0. The Morgan fingerprint density at radius 1 is 1.21 bits per heavy atom. The standard InChI is InChI=1S/C13H12N6/c1-2-9-12(14-5-1)15-7-16-13(9)17-11-6-10(18-19-11)8-3-4-8/h1-2,5-8H,3-4H2,(H2,14,15,16,17,18,19). The summed E-state index contributed by atoms with van der Waals surface area (Å²) in [4.78, 5) is 12.6. The van der Waals surface area contributed by atoms with E-state index in [0.717, 1.165) is 17.0 Å². The smallest absolute Gasteiger partial charge is 0.164 e. The highest BCUT2D eigenvalue weighted by molar-refractivity contribution is 5.87. The van der Waals surface area contributed by atoms with E-state index in [0.29, 0.717) is 11.6 Å². The second-order valence-electron chi connectivity index (χ2n) is 4.70. The number of pyridine rings is 1. The van der Waals surface area contributed by atoms with Crippen LogP contribution in [0.25, 0.3) is 11.0 Å². The van der Waals surface area contributed by atoms with Gasteiger partial charge in [-0.2, -0.15) is 5.10 Å². The Balaban J connectivity index is 1.69. The average Bonchev–Trinajstić information content (AvgIpc) is 3.20. The molecule has 1 aliphatic rings. The molecular formula is C13H12N6. The molecule has 0 saturated heterocycles. The summed E-state index contributed by atoms with van der Waals surface area (Å²) in [5.74, 6) is 2.17. The number of hydrogen-bond donors (Lipinski definition) is 2. The molecule has 2 N–H and O–H groups in total. The first-order valence-corrected chi connectivity index (χ1v) is 6.28. The second-order valence-corrected chi connectivity index (χ2v) is 4.70. The average molecular weight is 252 g/mol. The first kappa shape index (κ1) is 10.4. The third-order valence-corrected chi connectivity index (χ3v) is 3.27. The van der Waals surface area contributed by atoms with Crippen molar-refractivity contribution in [2.75, 3.05) is 5.32 Å². The van der Waals surface area contributed by atoms with E-state index >= 15 is 0 Å². The summed E-state index contributed by atoms with van der Waals surface area (Å²) in [6.45, 7) is 0. The number of fused-ring (bicyclic) bond motifs is 1. The number of nitrogens with zero attached hydrogens (tertiary/aromatic N) is 4. The van der Waals surface area contributed by atoms with Crippen molar-refractivity contribution in [3.05, 3.63) is 36.4 Å². The van der Waals surface area contributed by atoms with Gasteiger partial charge < -0.3 is 5.32 Å². The second kappa shape index (κ2) is 4.01. The molecule has 94 valence electrons. The maximum absolute atomic E-state index is 4.26. The zero-order valence-corrected chi connectivity index (χ0v) is 10.2. The van der Waals surface area contributed by atoms with Crippen LogP contribution in [0.1, 0.15) is 24.5 Å². The summed E-state index contributed by atoms with van der Waals surface area (Å²) < 4.78 is 0. The summed E-state index contributed by atoms with van der Waals surface area (Å²) in [6.07, 6.45) is 5.73.